The number of amides is 1. The Hall–Kier alpha value is -2.02. The van der Waals surface area contributed by atoms with Gasteiger partial charge in [0.05, 0.1) is 11.3 Å². The number of nitrogens with two attached hydrogens (primary N) is 2. The molecule has 0 atom stereocenters. The fourth-order valence-corrected chi connectivity index (χ4v) is 1.41. The highest BCUT2D eigenvalue weighted by atomic mass is 32.2. The van der Waals surface area contributed by atoms with Crippen molar-refractivity contribution < 1.29 is 20.1 Å². The molecule has 0 saturated carbocycles. The summed E-state index contributed by atoms with van der Waals surface area (Å²) in [5.41, 5.74) is 5.89. The summed E-state index contributed by atoms with van der Waals surface area (Å²) in [6.45, 7) is 0. The van der Waals surface area contributed by atoms with Crippen LogP contribution < -0.4 is 16.5 Å². The Morgan fingerprint density at radius 3 is 2.41 bits per heavy atom. The molecule has 0 radical (unpaired) electrons. The average molecular weight is 254 g/mol. The third kappa shape index (κ3) is 4.56. The summed E-state index contributed by atoms with van der Waals surface area (Å²) in [7, 11) is 0. The zero-order valence-corrected chi connectivity index (χ0v) is 9.66. The Balaban J connectivity index is 2.54. The van der Waals surface area contributed by atoms with Gasteiger partial charge in [0.25, 0.3) is 5.17 Å². The third-order valence-electron chi connectivity index (χ3n) is 1.79. The predicted molar refractivity (Wildman–Crippen MR) is 65.6 cm³/mol. The first-order valence-electron chi connectivity index (χ1n) is 4.63. The van der Waals surface area contributed by atoms with E-state index in [0.717, 1.165) is 11.8 Å². The largest absolute Gasteiger partial charge is 0.478 e. The van der Waals surface area contributed by atoms with Crippen LogP contribution in [-0.4, -0.2) is 27.9 Å². The maximum Gasteiger partial charge on any atom is 0.335 e. The number of benzene rings is 1. The zero-order chi connectivity index (χ0) is 12.8. The molecule has 6 N–H and O–H groups in total. The van der Waals surface area contributed by atoms with Gasteiger partial charge in [-0.05, 0) is 36.0 Å². The van der Waals surface area contributed by atoms with E-state index in [1.807, 2.05) is 0 Å². The van der Waals surface area contributed by atoms with E-state index in [1.54, 1.807) is 0 Å². The molecule has 0 spiro atoms. The molecule has 0 aliphatic rings. The van der Waals surface area contributed by atoms with Crippen LogP contribution >= 0.6 is 11.8 Å². The monoisotopic (exact) mass is 254 g/mol. The number of amidine groups is 1. The summed E-state index contributed by atoms with van der Waals surface area (Å²) < 4.78 is 0. The highest BCUT2D eigenvalue weighted by molar-refractivity contribution is 8.14. The van der Waals surface area contributed by atoms with Crippen LogP contribution in [0.2, 0.25) is 0 Å². The van der Waals surface area contributed by atoms with Crippen LogP contribution in [0, 0.1) is 0 Å². The number of carbonyl (C=O) groups excluding carboxylic acids is 1. The van der Waals surface area contributed by atoms with Crippen LogP contribution in [0.3, 0.4) is 0 Å². The van der Waals surface area contributed by atoms with Crippen molar-refractivity contribution in [2.75, 3.05) is 11.1 Å². The number of anilines is 1. The smallest absolute Gasteiger partial charge is 0.335 e. The van der Waals surface area contributed by atoms with Gasteiger partial charge in [0.15, 0.2) is 0 Å². The van der Waals surface area contributed by atoms with Gasteiger partial charge in [0.1, 0.15) is 0 Å². The van der Waals surface area contributed by atoms with Crippen molar-refractivity contribution >= 4 is 34.5 Å². The van der Waals surface area contributed by atoms with E-state index in [4.69, 9.17) is 16.2 Å². The second-order valence-electron chi connectivity index (χ2n) is 3.12. The minimum absolute atomic E-state index is 0.114. The lowest BCUT2D eigenvalue weighted by molar-refractivity contribution is -0.114. The number of thioether (sulfide) groups is 1. The SMILES string of the molecule is NC(=[NH2+])SCC(=O)Nc1ccc(C(=O)O)cc1. The van der Waals surface area contributed by atoms with E-state index < -0.39 is 5.97 Å². The Morgan fingerprint density at radius 1 is 1.35 bits per heavy atom. The molecule has 0 heterocycles. The minimum Gasteiger partial charge on any atom is -0.478 e. The van der Waals surface area contributed by atoms with E-state index in [-0.39, 0.29) is 22.4 Å². The van der Waals surface area contributed by atoms with E-state index in [1.165, 1.54) is 24.3 Å². The summed E-state index contributed by atoms with van der Waals surface area (Å²) in [6.07, 6.45) is 0. The lowest BCUT2D eigenvalue weighted by atomic mass is 10.2. The number of carbonyl (C=O) groups is 2. The molecule has 6 nitrogen and oxygen atoms in total. The lowest BCUT2D eigenvalue weighted by Gasteiger charge is -2.03. The Bertz CT molecular complexity index is 445. The number of carboxylic acids is 1. The first-order chi connectivity index (χ1) is 7.99. The van der Waals surface area contributed by atoms with Crippen molar-refractivity contribution in [3.8, 4) is 0 Å². The molecule has 0 fully saturated rings. The molecule has 0 bridgehead atoms. The molecule has 90 valence electrons. The van der Waals surface area contributed by atoms with Crippen molar-refractivity contribution in [3.05, 3.63) is 29.8 Å². The minimum atomic E-state index is -1.01. The van der Waals surface area contributed by atoms with Gasteiger partial charge in [-0.2, -0.15) is 0 Å². The topological polar surface area (TPSA) is 118 Å². The molecular formula is C10H12N3O3S+. The van der Waals surface area contributed by atoms with Gasteiger partial charge < -0.3 is 10.4 Å². The molecule has 1 rings (SSSR count). The molecule has 1 aromatic rings. The van der Waals surface area contributed by atoms with Crippen LogP contribution in [-0.2, 0) is 4.79 Å². The maximum atomic E-state index is 11.4. The highest BCUT2D eigenvalue weighted by Crippen LogP contribution is 2.10. The van der Waals surface area contributed by atoms with Gasteiger partial charge in [-0.25, -0.2) is 4.79 Å². The van der Waals surface area contributed by atoms with Gasteiger partial charge in [-0.15, -0.1) is 0 Å². The fourth-order valence-electron chi connectivity index (χ4n) is 1.04. The van der Waals surface area contributed by atoms with Crippen LogP contribution in [0.5, 0.6) is 0 Å². The van der Waals surface area contributed by atoms with E-state index in [9.17, 15) is 9.59 Å². The van der Waals surface area contributed by atoms with Crippen LogP contribution in [0.25, 0.3) is 0 Å². The number of rotatable bonds is 4. The van der Waals surface area contributed by atoms with Crippen molar-refractivity contribution in [3.63, 3.8) is 0 Å². The summed E-state index contributed by atoms with van der Waals surface area (Å²) in [4.78, 5) is 22.0. The number of nitrogens with one attached hydrogen (secondary N) is 1. The van der Waals surface area contributed by atoms with Crippen LogP contribution in [0.15, 0.2) is 24.3 Å². The van der Waals surface area contributed by atoms with Gasteiger partial charge in [0, 0.05) is 5.69 Å². The highest BCUT2D eigenvalue weighted by Gasteiger charge is 2.07. The number of aromatic carboxylic acids is 1. The van der Waals surface area contributed by atoms with E-state index in [0.29, 0.717) is 5.69 Å². The molecule has 0 aliphatic heterocycles. The van der Waals surface area contributed by atoms with E-state index >= 15 is 0 Å². The maximum absolute atomic E-state index is 11.4. The Kier molecular flexibility index (Phi) is 4.53. The second kappa shape index (κ2) is 5.90. The quantitative estimate of drug-likeness (QED) is 0.411. The van der Waals surface area contributed by atoms with E-state index in [2.05, 4.69) is 5.32 Å². The molecule has 0 saturated heterocycles. The molecule has 17 heavy (non-hydrogen) atoms. The third-order valence-corrected chi connectivity index (χ3v) is 2.53. The first-order valence-corrected chi connectivity index (χ1v) is 5.61. The summed E-state index contributed by atoms with van der Waals surface area (Å²) in [5, 5.41) is 16.6. The molecule has 0 aromatic heterocycles. The number of hydrogen-bond acceptors (Lipinski definition) is 3. The van der Waals surface area contributed by atoms with Crippen LogP contribution in [0.4, 0.5) is 5.69 Å². The van der Waals surface area contributed by atoms with Gasteiger partial charge in [-0.1, -0.05) is 0 Å². The summed E-state index contributed by atoms with van der Waals surface area (Å²) in [5.74, 6) is -1.15. The van der Waals surface area contributed by atoms with Crippen molar-refractivity contribution in [2.45, 2.75) is 0 Å². The van der Waals surface area contributed by atoms with Crippen molar-refractivity contribution in [1.82, 2.24) is 0 Å². The second-order valence-corrected chi connectivity index (χ2v) is 4.17. The molecule has 0 unspecified atom stereocenters. The summed E-state index contributed by atoms with van der Waals surface area (Å²) in [6, 6.07) is 5.85. The number of hydrogen-bond donors (Lipinski definition) is 4. The Morgan fingerprint density at radius 2 is 1.94 bits per heavy atom. The average Bonchev–Trinajstić information content (AvgIpc) is 2.27. The van der Waals surface area contributed by atoms with Gasteiger partial charge >= 0.3 is 5.97 Å². The normalized spacial score (nSPS) is 9.65. The lowest BCUT2D eigenvalue weighted by Crippen LogP contribution is -2.43. The molecule has 1 amide bonds. The van der Waals surface area contributed by atoms with Crippen molar-refractivity contribution in [1.29, 1.82) is 0 Å². The predicted octanol–water partition coefficient (Wildman–Crippen LogP) is -0.870. The van der Waals surface area contributed by atoms with Crippen molar-refractivity contribution in [2.24, 2.45) is 5.73 Å². The zero-order valence-electron chi connectivity index (χ0n) is 8.84. The molecule has 0 aliphatic carbocycles. The number of carboxylic acid groups (broad SMARTS) is 1. The summed E-state index contributed by atoms with van der Waals surface area (Å²) >= 11 is 1.03. The standard InChI is InChI=1S/C10H11N3O3S/c11-10(12)17-5-8(14)13-7-3-1-6(2-4-7)9(15)16/h1-4H,5H2,(H3,11,12)(H,13,14)(H,15,16)/p+1. The molecule has 1 aromatic carbocycles. The van der Waals surface area contributed by atoms with Gasteiger partial charge in [-0.3, -0.25) is 15.9 Å². The Labute approximate surface area is 102 Å². The fraction of sp³-hybridized carbons (Fsp3) is 0.100. The first kappa shape index (κ1) is 13.0. The van der Waals surface area contributed by atoms with Gasteiger partial charge in [0.2, 0.25) is 5.91 Å². The molecule has 7 heteroatoms. The molecular weight excluding hydrogens is 242 g/mol. The van der Waals surface area contributed by atoms with Crippen LogP contribution in [0.1, 0.15) is 10.4 Å².